The molecule has 5 nitrogen and oxygen atoms in total. The molecule has 6 heteroatoms. The molecule has 2 aromatic rings. The maximum absolute atomic E-state index is 4.12. The number of tetrazole rings is 1. The predicted molar refractivity (Wildman–Crippen MR) is 86.6 cm³/mol. The third-order valence-corrected chi connectivity index (χ3v) is 4.42. The van der Waals surface area contributed by atoms with Crippen molar-refractivity contribution in [3.63, 3.8) is 0 Å². The van der Waals surface area contributed by atoms with Gasteiger partial charge in [-0.3, -0.25) is 0 Å². The first kappa shape index (κ1) is 16.0. The summed E-state index contributed by atoms with van der Waals surface area (Å²) in [6, 6.07) is 4.47. The minimum absolute atomic E-state index is 0.801. The molecular weight excluding hydrogens is 282 g/mol. The summed E-state index contributed by atoms with van der Waals surface area (Å²) >= 11 is 1.70. The zero-order chi connectivity index (χ0) is 15.2. The molecule has 0 atom stereocenters. The number of aryl methyl sites for hydroxylation is 3. The van der Waals surface area contributed by atoms with E-state index in [9.17, 15) is 0 Å². The Morgan fingerprint density at radius 2 is 1.90 bits per heavy atom. The van der Waals surface area contributed by atoms with Crippen LogP contribution in [0.25, 0.3) is 0 Å². The number of nitrogens with zero attached hydrogens (tertiary/aromatic N) is 4. The van der Waals surface area contributed by atoms with Gasteiger partial charge >= 0.3 is 0 Å². The molecule has 1 N–H and O–H groups in total. The van der Waals surface area contributed by atoms with E-state index in [2.05, 4.69) is 60.7 Å². The summed E-state index contributed by atoms with van der Waals surface area (Å²) < 4.78 is 1.87. The van der Waals surface area contributed by atoms with Crippen molar-refractivity contribution in [1.29, 1.82) is 0 Å². The van der Waals surface area contributed by atoms with Crippen molar-refractivity contribution >= 4 is 11.8 Å². The third kappa shape index (κ3) is 4.28. The van der Waals surface area contributed by atoms with Crippen molar-refractivity contribution in [2.75, 3.05) is 13.1 Å². The second kappa shape index (κ2) is 7.56. The fraction of sp³-hybridized carbons (Fsp3) is 0.533. The van der Waals surface area contributed by atoms with Crippen molar-refractivity contribution in [3.8, 4) is 0 Å². The Labute approximate surface area is 130 Å². The van der Waals surface area contributed by atoms with Gasteiger partial charge in [0.1, 0.15) is 0 Å². The maximum atomic E-state index is 4.12. The van der Waals surface area contributed by atoms with E-state index < -0.39 is 0 Å². The smallest absolute Gasteiger partial charge is 0.209 e. The zero-order valence-corrected chi connectivity index (χ0v) is 14.0. The number of hydrogen-bond donors (Lipinski definition) is 1. The van der Waals surface area contributed by atoms with Gasteiger partial charge in [-0.05, 0) is 54.4 Å². The van der Waals surface area contributed by atoms with E-state index in [4.69, 9.17) is 0 Å². The second-order valence-electron chi connectivity index (χ2n) is 5.20. The minimum atomic E-state index is 0.801. The largest absolute Gasteiger partial charge is 0.315 e. The molecule has 0 aliphatic heterocycles. The van der Waals surface area contributed by atoms with Gasteiger partial charge in [0, 0.05) is 12.3 Å². The number of benzene rings is 1. The molecule has 0 saturated heterocycles. The van der Waals surface area contributed by atoms with Crippen LogP contribution in [0.2, 0.25) is 0 Å². The summed E-state index contributed by atoms with van der Waals surface area (Å²) in [5.74, 6) is 0.902. The molecule has 1 heterocycles. The summed E-state index contributed by atoms with van der Waals surface area (Å²) in [4.78, 5) is 0. The summed E-state index contributed by atoms with van der Waals surface area (Å²) in [6.45, 7) is 11.2. The van der Waals surface area contributed by atoms with Crippen LogP contribution in [0.5, 0.6) is 0 Å². The quantitative estimate of drug-likeness (QED) is 0.629. The van der Waals surface area contributed by atoms with Crippen LogP contribution in [-0.4, -0.2) is 33.3 Å². The lowest BCUT2D eigenvalue weighted by Gasteiger charge is -2.11. The standard InChI is InChI=1S/C15H23N5S/c1-5-16-6-7-20-15(17-18-19-20)21-10-14-12(3)8-11(2)9-13(14)4/h8-9,16H,5-7,10H2,1-4H3. The first-order valence-electron chi connectivity index (χ1n) is 7.28. The van der Waals surface area contributed by atoms with Gasteiger partial charge in [-0.1, -0.05) is 36.4 Å². The van der Waals surface area contributed by atoms with Crippen LogP contribution in [0.3, 0.4) is 0 Å². The lowest BCUT2D eigenvalue weighted by atomic mass is 10.0. The molecule has 1 aromatic carbocycles. The number of rotatable bonds is 7. The lowest BCUT2D eigenvalue weighted by molar-refractivity contribution is 0.517. The number of hydrogen-bond acceptors (Lipinski definition) is 5. The molecule has 2 rings (SSSR count). The van der Waals surface area contributed by atoms with Crippen LogP contribution >= 0.6 is 11.8 Å². The molecule has 0 bridgehead atoms. The molecular formula is C15H23N5S. The molecule has 0 amide bonds. The molecule has 0 saturated carbocycles. The van der Waals surface area contributed by atoms with Gasteiger partial charge in [0.05, 0.1) is 6.54 Å². The first-order valence-corrected chi connectivity index (χ1v) is 8.26. The Morgan fingerprint density at radius 3 is 2.57 bits per heavy atom. The van der Waals surface area contributed by atoms with E-state index in [1.807, 2.05) is 4.68 Å². The van der Waals surface area contributed by atoms with Crippen molar-refractivity contribution in [3.05, 3.63) is 34.4 Å². The average molecular weight is 305 g/mol. The Balaban J connectivity index is 2.02. The first-order chi connectivity index (χ1) is 10.1. The Bertz CT molecular complexity index is 570. The van der Waals surface area contributed by atoms with Gasteiger partial charge in [0.2, 0.25) is 5.16 Å². The van der Waals surface area contributed by atoms with E-state index in [1.54, 1.807) is 11.8 Å². The maximum Gasteiger partial charge on any atom is 0.209 e. The van der Waals surface area contributed by atoms with Gasteiger partial charge in [0.15, 0.2) is 0 Å². The van der Waals surface area contributed by atoms with E-state index in [1.165, 1.54) is 22.3 Å². The van der Waals surface area contributed by atoms with Gasteiger partial charge in [-0.25, -0.2) is 4.68 Å². The highest BCUT2D eigenvalue weighted by Gasteiger charge is 2.09. The summed E-state index contributed by atoms with van der Waals surface area (Å²) in [5, 5.41) is 16.1. The van der Waals surface area contributed by atoms with Crippen molar-refractivity contribution in [2.24, 2.45) is 0 Å². The highest BCUT2D eigenvalue weighted by atomic mass is 32.2. The SMILES string of the molecule is CCNCCn1nnnc1SCc1c(C)cc(C)cc1C. The van der Waals surface area contributed by atoms with E-state index in [0.29, 0.717) is 0 Å². The van der Waals surface area contributed by atoms with Crippen LogP contribution in [0.4, 0.5) is 0 Å². The Hall–Kier alpha value is -1.40. The lowest BCUT2D eigenvalue weighted by Crippen LogP contribution is -2.20. The molecule has 0 aliphatic carbocycles. The number of thioether (sulfide) groups is 1. The second-order valence-corrected chi connectivity index (χ2v) is 6.15. The van der Waals surface area contributed by atoms with Crippen LogP contribution in [0.1, 0.15) is 29.2 Å². The summed E-state index contributed by atoms with van der Waals surface area (Å²) in [5.41, 5.74) is 5.37. The van der Waals surface area contributed by atoms with Gasteiger partial charge in [-0.15, -0.1) is 5.10 Å². The normalized spacial score (nSPS) is 11.0. The molecule has 0 aliphatic rings. The molecule has 21 heavy (non-hydrogen) atoms. The van der Waals surface area contributed by atoms with Gasteiger partial charge < -0.3 is 5.32 Å². The molecule has 0 unspecified atom stereocenters. The van der Waals surface area contributed by atoms with Crippen molar-refractivity contribution in [2.45, 2.75) is 45.1 Å². The van der Waals surface area contributed by atoms with E-state index >= 15 is 0 Å². The van der Waals surface area contributed by atoms with Crippen LogP contribution in [0.15, 0.2) is 17.3 Å². The fourth-order valence-corrected chi connectivity index (χ4v) is 3.48. The predicted octanol–water partition coefficient (Wildman–Crippen LogP) is 2.50. The van der Waals surface area contributed by atoms with Crippen LogP contribution < -0.4 is 5.32 Å². The number of nitrogens with one attached hydrogen (secondary N) is 1. The number of aromatic nitrogens is 4. The van der Waals surface area contributed by atoms with Gasteiger partial charge in [0.25, 0.3) is 0 Å². The average Bonchev–Trinajstić information content (AvgIpc) is 2.85. The van der Waals surface area contributed by atoms with Crippen LogP contribution in [-0.2, 0) is 12.3 Å². The summed E-state index contributed by atoms with van der Waals surface area (Å²) in [6.07, 6.45) is 0. The molecule has 0 spiro atoms. The highest BCUT2D eigenvalue weighted by molar-refractivity contribution is 7.98. The topological polar surface area (TPSA) is 55.6 Å². The van der Waals surface area contributed by atoms with Crippen molar-refractivity contribution < 1.29 is 0 Å². The summed E-state index contributed by atoms with van der Waals surface area (Å²) in [7, 11) is 0. The van der Waals surface area contributed by atoms with Gasteiger partial charge in [-0.2, -0.15) is 0 Å². The molecule has 114 valence electrons. The minimum Gasteiger partial charge on any atom is -0.315 e. The Morgan fingerprint density at radius 1 is 1.19 bits per heavy atom. The monoisotopic (exact) mass is 305 g/mol. The van der Waals surface area contributed by atoms with Crippen LogP contribution in [0, 0.1) is 20.8 Å². The van der Waals surface area contributed by atoms with Crippen molar-refractivity contribution in [1.82, 2.24) is 25.5 Å². The third-order valence-electron chi connectivity index (χ3n) is 3.44. The molecule has 1 aromatic heterocycles. The highest BCUT2D eigenvalue weighted by Crippen LogP contribution is 2.25. The van der Waals surface area contributed by atoms with E-state index in [-0.39, 0.29) is 0 Å². The molecule has 0 fully saturated rings. The number of likely N-dealkylation sites (N-methyl/N-ethyl adjacent to an activating group) is 1. The van der Waals surface area contributed by atoms with E-state index in [0.717, 1.165) is 30.5 Å². The Kier molecular flexibility index (Phi) is 5.76. The molecule has 0 radical (unpaired) electrons. The fourth-order valence-electron chi connectivity index (χ4n) is 2.38. The zero-order valence-electron chi connectivity index (χ0n) is 13.2.